The third kappa shape index (κ3) is 4.44. The van der Waals surface area contributed by atoms with Crippen molar-refractivity contribution < 1.29 is 13.9 Å². The van der Waals surface area contributed by atoms with E-state index in [9.17, 15) is 4.79 Å². The number of esters is 1. The molecule has 4 aromatic rings. The molecule has 0 unspecified atom stereocenters. The third-order valence-corrected chi connectivity index (χ3v) is 5.58. The highest BCUT2D eigenvalue weighted by Crippen LogP contribution is 2.34. The van der Waals surface area contributed by atoms with Crippen LogP contribution in [0, 0.1) is 5.92 Å². The molecule has 0 aliphatic heterocycles. The normalized spacial score (nSPS) is 11.6. The molecule has 166 valence electrons. The van der Waals surface area contributed by atoms with Gasteiger partial charge in [-0.05, 0) is 56.5 Å². The molecule has 0 saturated carbocycles. The Morgan fingerprint density at radius 1 is 1.03 bits per heavy atom. The van der Waals surface area contributed by atoms with Crippen LogP contribution in [0.4, 0.5) is 5.82 Å². The fourth-order valence-electron chi connectivity index (χ4n) is 3.40. The van der Waals surface area contributed by atoms with Gasteiger partial charge in [0.15, 0.2) is 11.6 Å². The fraction of sp³-hybridized carbons (Fsp3) is 0.346. The van der Waals surface area contributed by atoms with Crippen LogP contribution in [-0.4, -0.2) is 35.6 Å². The molecule has 0 atom stereocenters. The zero-order valence-corrected chi connectivity index (χ0v) is 19.3. The molecule has 6 heteroatoms. The average molecular weight is 432 g/mol. The molecule has 0 radical (unpaired) electrons. The van der Waals surface area contributed by atoms with Crippen LogP contribution in [0.1, 0.15) is 44.5 Å². The number of aromatic nitrogens is 2. The van der Waals surface area contributed by atoms with Crippen molar-refractivity contribution in [3.63, 3.8) is 0 Å². The van der Waals surface area contributed by atoms with Gasteiger partial charge in [-0.3, -0.25) is 0 Å². The first-order valence-corrected chi connectivity index (χ1v) is 11.0. The van der Waals surface area contributed by atoms with Crippen LogP contribution >= 0.6 is 0 Å². The molecule has 0 saturated heterocycles. The maximum absolute atomic E-state index is 12.5. The minimum Gasteiger partial charge on any atom is -0.462 e. The molecule has 2 aromatic heterocycles. The molecule has 6 nitrogen and oxygen atoms in total. The van der Waals surface area contributed by atoms with Crippen molar-refractivity contribution in [2.75, 3.05) is 18.6 Å². The van der Waals surface area contributed by atoms with E-state index >= 15 is 0 Å². The predicted molar refractivity (Wildman–Crippen MR) is 128 cm³/mol. The standard InChI is InChI=1S/C26H29N3O3/c1-16(2)12-13-31-26(30)19-10-11-20-21(14-19)28-25(29(5)17(3)4)24(27-20)23-15-18-8-6-7-9-22(18)32-23/h6-11,14-17H,12-13H2,1-5H3. The first-order valence-electron chi connectivity index (χ1n) is 11.0. The first kappa shape index (κ1) is 21.8. The summed E-state index contributed by atoms with van der Waals surface area (Å²) in [7, 11) is 1.98. The Balaban J connectivity index is 1.77. The van der Waals surface area contributed by atoms with E-state index in [1.807, 2.05) is 43.4 Å². The Morgan fingerprint density at radius 2 is 1.81 bits per heavy atom. The number of nitrogens with zero attached hydrogens (tertiary/aromatic N) is 3. The number of carbonyl (C=O) groups excluding carboxylic acids is 1. The van der Waals surface area contributed by atoms with Gasteiger partial charge < -0.3 is 14.1 Å². The Morgan fingerprint density at radius 3 is 2.53 bits per heavy atom. The zero-order valence-electron chi connectivity index (χ0n) is 19.3. The van der Waals surface area contributed by atoms with Crippen LogP contribution in [0.3, 0.4) is 0 Å². The van der Waals surface area contributed by atoms with E-state index < -0.39 is 0 Å². The summed E-state index contributed by atoms with van der Waals surface area (Å²) >= 11 is 0. The second-order valence-corrected chi connectivity index (χ2v) is 8.77. The molecular weight excluding hydrogens is 402 g/mol. The maximum atomic E-state index is 12.5. The molecular formula is C26H29N3O3. The highest BCUT2D eigenvalue weighted by molar-refractivity contribution is 5.95. The van der Waals surface area contributed by atoms with Crippen molar-refractivity contribution in [2.24, 2.45) is 5.92 Å². The number of rotatable bonds is 7. The van der Waals surface area contributed by atoms with Crippen LogP contribution in [0.15, 0.2) is 52.9 Å². The number of anilines is 1. The van der Waals surface area contributed by atoms with Crippen LogP contribution in [0.25, 0.3) is 33.5 Å². The second kappa shape index (κ2) is 8.99. The van der Waals surface area contributed by atoms with E-state index in [0.717, 1.165) is 17.4 Å². The van der Waals surface area contributed by atoms with Crippen molar-refractivity contribution in [1.82, 2.24) is 9.97 Å². The topological polar surface area (TPSA) is 68.5 Å². The van der Waals surface area contributed by atoms with E-state index in [1.54, 1.807) is 12.1 Å². The van der Waals surface area contributed by atoms with Gasteiger partial charge in [-0.1, -0.05) is 32.0 Å². The molecule has 0 bridgehead atoms. The minimum absolute atomic E-state index is 0.203. The van der Waals surface area contributed by atoms with E-state index in [2.05, 4.69) is 32.6 Å². The summed E-state index contributed by atoms with van der Waals surface area (Å²) in [6, 6.07) is 15.4. The van der Waals surface area contributed by atoms with Crippen molar-refractivity contribution in [1.29, 1.82) is 0 Å². The van der Waals surface area contributed by atoms with Crippen molar-refractivity contribution in [2.45, 2.75) is 40.2 Å². The summed E-state index contributed by atoms with van der Waals surface area (Å²) < 4.78 is 11.5. The van der Waals surface area contributed by atoms with Gasteiger partial charge in [-0.25, -0.2) is 14.8 Å². The summed E-state index contributed by atoms with van der Waals surface area (Å²) in [6.45, 7) is 8.80. The van der Waals surface area contributed by atoms with Crippen molar-refractivity contribution in [3.05, 3.63) is 54.1 Å². The zero-order chi connectivity index (χ0) is 22.8. The lowest BCUT2D eigenvalue weighted by atomic mass is 10.1. The number of furan rings is 1. The number of para-hydroxylation sites is 1. The molecule has 0 aliphatic carbocycles. The molecule has 0 aliphatic rings. The summed E-state index contributed by atoms with van der Waals surface area (Å²) in [6.07, 6.45) is 0.837. The van der Waals surface area contributed by atoms with Gasteiger partial charge in [0, 0.05) is 18.5 Å². The molecule has 0 fully saturated rings. The maximum Gasteiger partial charge on any atom is 0.338 e. The van der Waals surface area contributed by atoms with Crippen molar-refractivity contribution >= 4 is 33.8 Å². The van der Waals surface area contributed by atoms with E-state index in [1.165, 1.54) is 0 Å². The van der Waals surface area contributed by atoms with Gasteiger partial charge in [-0.2, -0.15) is 0 Å². The number of benzene rings is 2. The highest BCUT2D eigenvalue weighted by Gasteiger charge is 2.20. The van der Waals surface area contributed by atoms with Gasteiger partial charge >= 0.3 is 5.97 Å². The van der Waals surface area contributed by atoms with Gasteiger partial charge in [0.2, 0.25) is 0 Å². The monoisotopic (exact) mass is 431 g/mol. The lowest BCUT2D eigenvalue weighted by Crippen LogP contribution is -2.27. The Labute approximate surface area is 188 Å². The quantitative estimate of drug-likeness (QED) is 0.330. The lowest BCUT2D eigenvalue weighted by molar-refractivity contribution is 0.0488. The molecule has 0 spiro atoms. The SMILES string of the molecule is CC(C)CCOC(=O)c1ccc2nc(-c3cc4ccccc4o3)c(N(C)C(C)C)nc2c1. The number of hydrogen-bond acceptors (Lipinski definition) is 6. The van der Waals surface area contributed by atoms with Crippen LogP contribution < -0.4 is 4.90 Å². The Kier molecular flexibility index (Phi) is 6.12. The minimum atomic E-state index is -0.338. The number of carbonyl (C=O) groups is 1. The van der Waals surface area contributed by atoms with Crippen LogP contribution in [0.2, 0.25) is 0 Å². The van der Waals surface area contributed by atoms with Crippen molar-refractivity contribution in [3.8, 4) is 11.5 Å². The molecule has 0 N–H and O–H groups in total. The molecule has 32 heavy (non-hydrogen) atoms. The molecule has 4 rings (SSSR count). The third-order valence-electron chi connectivity index (χ3n) is 5.58. The van der Waals surface area contributed by atoms with E-state index in [0.29, 0.717) is 46.4 Å². The number of hydrogen-bond donors (Lipinski definition) is 0. The van der Waals surface area contributed by atoms with Gasteiger partial charge in [0.1, 0.15) is 11.3 Å². The van der Waals surface area contributed by atoms with Gasteiger partial charge in [-0.15, -0.1) is 0 Å². The predicted octanol–water partition coefficient (Wildman–Crippen LogP) is 6.09. The average Bonchev–Trinajstić information content (AvgIpc) is 3.21. The first-order chi connectivity index (χ1) is 15.3. The second-order valence-electron chi connectivity index (χ2n) is 8.77. The number of ether oxygens (including phenoxy) is 1. The van der Waals surface area contributed by atoms with Crippen LogP contribution in [-0.2, 0) is 4.74 Å². The Bertz CT molecular complexity index is 1230. The smallest absolute Gasteiger partial charge is 0.338 e. The highest BCUT2D eigenvalue weighted by atomic mass is 16.5. The van der Waals surface area contributed by atoms with E-state index in [-0.39, 0.29) is 12.0 Å². The summed E-state index contributed by atoms with van der Waals surface area (Å²) in [5.41, 5.74) is 3.30. The number of fused-ring (bicyclic) bond motifs is 2. The van der Waals surface area contributed by atoms with E-state index in [4.69, 9.17) is 19.1 Å². The molecule has 0 amide bonds. The summed E-state index contributed by atoms with van der Waals surface area (Å²) in [5.74, 6) is 1.52. The fourth-order valence-corrected chi connectivity index (χ4v) is 3.40. The lowest BCUT2D eigenvalue weighted by Gasteiger charge is -2.24. The molecule has 2 aromatic carbocycles. The summed E-state index contributed by atoms with van der Waals surface area (Å²) in [4.78, 5) is 24.3. The molecule has 2 heterocycles. The van der Waals surface area contributed by atoms with Gasteiger partial charge in [0.05, 0.1) is 23.2 Å². The largest absolute Gasteiger partial charge is 0.462 e. The summed E-state index contributed by atoms with van der Waals surface area (Å²) in [5, 5.41) is 1.02. The van der Waals surface area contributed by atoms with Crippen LogP contribution in [0.5, 0.6) is 0 Å². The van der Waals surface area contributed by atoms with Gasteiger partial charge in [0.25, 0.3) is 0 Å². The Hall–Kier alpha value is -3.41.